The van der Waals surface area contributed by atoms with Gasteiger partial charge in [-0.3, -0.25) is 0 Å². The Labute approximate surface area is 116 Å². The lowest BCUT2D eigenvalue weighted by atomic mass is 10.2. The first-order chi connectivity index (χ1) is 9.15. The summed E-state index contributed by atoms with van der Waals surface area (Å²) < 4.78 is 0. The lowest BCUT2D eigenvalue weighted by Gasteiger charge is -2.09. The number of carbonyl (C=O) groups is 1. The summed E-state index contributed by atoms with van der Waals surface area (Å²) in [5.41, 5.74) is 1.46. The second kappa shape index (κ2) is 6.11. The quantitative estimate of drug-likeness (QED) is 0.753. The fraction of sp³-hybridized carbons (Fsp3) is 0.0714. The monoisotopic (exact) mass is 276 g/mol. The first kappa shape index (κ1) is 13.2. The smallest absolute Gasteiger partial charge is 0.319 e. The highest BCUT2D eigenvalue weighted by Crippen LogP contribution is 2.25. The lowest BCUT2D eigenvalue weighted by molar-refractivity contribution is 0.251. The SMILES string of the molecule is O=C(NCc1ccccc1)Nc1ccc(O)cc1Cl. The molecule has 4 nitrogen and oxygen atoms in total. The van der Waals surface area contributed by atoms with E-state index in [1.165, 1.54) is 12.1 Å². The fourth-order valence-corrected chi connectivity index (χ4v) is 1.77. The summed E-state index contributed by atoms with van der Waals surface area (Å²) in [7, 11) is 0. The number of amides is 2. The van der Waals surface area contributed by atoms with Gasteiger partial charge in [-0.15, -0.1) is 0 Å². The molecule has 0 spiro atoms. The maximum atomic E-state index is 11.7. The zero-order valence-corrected chi connectivity index (χ0v) is 10.8. The Morgan fingerprint density at radius 1 is 1.16 bits per heavy atom. The molecule has 2 aromatic carbocycles. The Morgan fingerprint density at radius 3 is 2.58 bits per heavy atom. The molecular formula is C14H13ClN2O2. The van der Waals surface area contributed by atoms with Crippen molar-refractivity contribution in [1.29, 1.82) is 0 Å². The molecule has 19 heavy (non-hydrogen) atoms. The van der Waals surface area contributed by atoms with E-state index in [9.17, 15) is 9.90 Å². The van der Waals surface area contributed by atoms with Gasteiger partial charge in [-0.05, 0) is 17.7 Å². The molecule has 0 fully saturated rings. The van der Waals surface area contributed by atoms with Crippen LogP contribution in [0.5, 0.6) is 5.75 Å². The van der Waals surface area contributed by atoms with Gasteiger partial charge in [0.05, 0.1) is 10.7 Å². The van der Waals surface area contributed by atoms with E-state index in [-0.39, 0.29) is 16.8 Å². The predicted octanol–water partition coefficient (Wildman–Crippen LogP) is 3.37. The van der Waals surface area contributed by atoms with Gasteiger partial charge in [-0.1, -0.05) is 41.9 Å². The van der Waals surface area contributed by atoms with E-state index < -0.39 is 0 Å². The van der Waals surface area contributed by atoms with Crippen molar-refractivity contribution < 1.29 is 9.90 Å². The van der Waals surface area contributed by atoms with Crippen molar-refractivity contribution in [3.63, 3.8) is 0 Å². The van der Waals surface area contributed by atoms with Crippen molar-refractivity contribution in [1.82, 2.24) is 5.32 Å². The highest BCUT2D eigenvalue weighted by atomic mass is 35.5. The zero-order valence-electron chi connectivity index (χ0n) is 10.1. The van der Waals surface area contributed by atoms with Gasteiger partial charge in [-0.2, -0.15) is 0 Å². The van der Waals surface area contributed by atoms with Crippen LogP contribution in [0.1, 0.15) is 5.56 Å². The molecule has 0 saturated carbocycles. The van der Waals surface area contributed by atoms with Crippen LogP contribution in [0.2, 0.25) is 5.02 Å². The number of rotatable bonds is 3. The largest absolute Gasteiger partial charge is 0.508 e. The van der Waals surface area contributed by atoms with E-state index in [0.29, 0.717) is 12.2 Å². The molecule has 0 saturated heterocycles. The maximum Gasteiger partial charge on any atom is 0.319 e. The van der Waals surface area contributed by atoms with Crippen molar-refractivity contribution in [2.24, 2.45) is 0 Å². The molecule has 0 unspecified atom stereocenters. The van der Waals surface area contributed by atoms with E-state index in [2.05, 4.69) is 10.6 Å². The van der Waals surface area contributed by atoms with Crippen molar-refractivity contribution in [3.05, 3.63) is 59.1 Å². The maximum absolute atomic E-state index is 11.7. The summed E-state index contributed by atoms with van der Waals surface area (Å²) in [6, 6.07) is 13.6. The minimum absolute atomic E-state index is 0.0558. The number of carbonyl (C=O) groups excluding carboxylic acids is 1. The Kier molecular flexibility index (Phi) is 4.26. The Hall–Kier alpha value is -2.20. The number of phenolic OH excluding ortho intramolecular Hbond substituents is 1. The Bertz CT molecular complexity index is 573. The second-order valence-corrected chi connectivity index (χ2v) is 4.36. The minimum Gasteiger partial charge on any atom is -0.508 e. The summed E-state index contributed by atoms with van der Waals surface area (Å²) in [5.74, 6) is 0.0558. The van der Waals surface area contributed by atoms with Gasteiger partial charge in [0.2, 0.25) is 0 Å². The van der Waals surface area contributed by atoms with Crippen LogP contribution < -0.4 is 10.6 Å². The summed E-state index contributed by atoms with van der Waals surface area (Å²) in [6.07, 6.45) is 0. The van der Waals surface area contributed by atoms with E-state index >= 15 is 0 Å². The number of urea groups is 1. The van der Waals surface area contributed by atoms with E-state index in [4.69, 9.17) is 11.6 Å². The molecule has 0 heterocycles. The van der Waals surface area contributed by atoms with E-state index in [1.807, 2.05) is 30.3 Å². The second-order valence-electron chi connectivity index (χ2n) is 3.96. The number of anilines is 1. The molecule has 0 bridgehead atoms. The van der Waals surface area contributed by atoms with Crippen LogP contribution >= 0.6 is 11.6 Å². The summed E-state index contributed by atoms with van der Waals surface area (Å²) in [4.78, 5) is 11.7. The van der Waals surface area contributed by atoms with Gasteiger partial charge in [0.15, 0.2) is 0 Å². The molecule has 2 amide bonds. The summed E-state index contributed by atoms with van der Waals surface area (Å²) >= 11 is 5.89. The normalized spacial score (nSPS) is 9.95. The van der Waals surface area contributed by atoms with Gasteiger partial charge in [0, 0.05) is 12.6 Å². The highest BCUT2D eigenvalue weighted by Gasteiger charge is 2.05. The lowest BCUT2D eigenvalue weighted by Crippen LogP contribution is -2.28. The number of aromatic hydroxyl groups is 1. The zero-order chi connectivity index (χ0) is 13.7. The van der Waals surface area contributed by atoms with Crippen LogP contribution in [-0.4, -0.2) is 11.1 Å². The number of hydrogen-bond donors (Lipinski definition) is 3. The standard InChI is InChI=1S/C14H13ClN2O2/c15-12-8-11(18)6-7-13(12)17-14(19)16-9-10-4-2-1-3-5-10/h1-8,18H,9H2,(H2,16,17,19). The average molecular weight is 277 g/mol. The number of phenols is 1. The average Bonchev–Trinajstić information content (AvgIpc) is 2.41. The van der Waals surface area contributed by atoms with E-state index in [1.54, 1.807) is 6.07 Å². The minimum atomic E-state index is -0.351. The molecule has 2 rings (SSSR count). The number of halogens is 1. The van der Waals surface area contributed by atoms with Gasteiger partial charge >= 0.3 is 6.03 Å². The Morgan fingerprint density at radius 2 is 1.89 bits per heavy atom. The van der Waals surface area contributed by atoms with E-state index in [0.717, 1.165) is 5.56 Å². The van der Waals surface area contributed by atoms with Gasteiger partial charge in [0.1, 0.15) is 5.75 Å². The molecule has 5 heteroatoms. The van der Waals surface area contributed by atoms with Crippen LogP contribution in [0.15, 0.2) is 48.5 Å². The van der Waals surface area contributed by atoms with Crippen molar-refractivity contribution in [2.75, 3.05) is 5.32 Å². The van der Waals surface area contributed by atoms with Gasteiger partial charge < -0.3 is 15.7 Å². The molecule has 0 radical (unpaired) electrons. The van der Waals surface area contributed by atoms with Crippen LogP contribution in [0.25, 0.3) is 0 Å². The van der Waals surface area contributed by atoms with Gasteiger partial charge in [-0.25, -0.2) is 4.79 Å². The van der Waals surface area contributed by atoms with Crippen molar-refractivity contribution in [3.8, 4) is 5.75 Å². The van der Waals surface area contributed by atoms with Crippen LogP contribution in [-0.2, 0) is 6.54 Å². The number of benzene rings is 2. The molecular weight excluding hydrogens is 264 g/mol. The molecule has 0 aromatic heterocycles. The first-order valence-corrected chi connectivity index (χ1v) is 6.10. The van der Waals surface area contributed by atoms with Crippen LogP contribution in [0.4, 0.5) is 10.5 Å². The third-order valence-electron chi connectivity index (χ3n) is 2.50. The Balaban J connectivity index is 1.91. The van der Waals surface area contributed by atoms with Gasteiger partial charge in [0.25, 0.3) is 0 Å². The first-order valence-electron chi connectivity index (χ1n) is 5.72. The topological polar surface area (TPSA) is 61.4 Å². The van der Waals surface area contributed by atoms with Crippen LogP contribution in [0.3, 0.4) is 0 Å². The molecule has 3 N–H and O–H groups in total. The molecule has 0 aliphatic heterocycles. The summed E-state index contributed by atoms with van der Waals surface area (Å²) in [6.45, 7) is 0.433. The molecule has 0 aliphatic rings. The predicted molar refractivity (Wildman–Crippen MR) is 75.4 cm³/mol. The number of hydrogen-bond acceptors (Lipinski definition) is 2. The third-order valence-corrected chi connectivity index (χ3v) is 2.81. The summed E-state index contributed by atoms with van der Waals surface area (Å²) in [5, 5.41) is 14.8. The number of nitrogens with one attached hydrogen (secondary N) is 2. The van der Waals surface area contributed by atoms with Crippen molar-refractivity contribution >= 4 is 23.3 Å². The molecule has 0 aliphatic carbocycles. The third kappa shape index (κ3) is 3.89. The fourth-order valence-electron chi connectivity index (χ4n) is 1.55. The highest BCUT2D eigenvalue weighted by molar-refractivity contribution is 6.33. The molecule has 0 atom stereocenters. The molecule has 2 aromatic rings. The van der Waals surface area contributed by atoms with Crippen LogP contribution in [0, 0.1) is 0 Å². The van der Waals surface area contributed by atoms with Crippen molar-refractivity contribution in [2.45, 2.75) is 6.54 Å². The molecule has 98 valence electrons.